The summed E-state index contributed by atoms with van der Waals surface area (Å²) in [5.41, 5.74) is 7.89. The monoisotopic (exact) mass is 256 g/mol. The van der Waals surface area contributed by atoms with E-state index in [2.05, 4.69) is 31.0 Å². The van der Waals surface area contributed by atoms with Crippen LogP contribution in [0.5, 0.6) is 11.5 Å². The van der Waals surface area contributed by atoms with Crippen molar-refractivity contribution in [3.05, 3.63) is 53.9 Å². The zero-order valence-corrected chi connectivity index (χ0v) is 11.6. The third kappa shape index (κ3) is 3.55. The molecule has 0 amide bonds. The molecule has 1 aromatic heterocycles. The van der Waals surface area contributed by atoms with Crippen LogP contribution < -0.4 is 10.5 Å². The molecule has 1 atom stereocenters. The van der Waals surface area contributed by atoms with Gasteiger partial charge in [0.15, 0.2) is 0 Å². The lowest BCUT2D eigenvalue weighted by Crippen LogP contribution is -2.06. The van der Waals surface area contributed by atoms with E-state index >= 15 is 0 Å². The molecule has 0 radical (unpaired) electrons. The molecular formula is C16H20N2O. The van der Waals surface area contributed by atoms with Crippen molar-refractivity contribution in [1.29, 1.82) is 0 Å². The Bertz CT molecular complexity index is 533. The Hall–Kier alpha value is -1.87. The maximum atomic E-state index is 5.80. The lowest BCUT2D eigenvalue weighted by Gasteiger charge is -2.10. The van der Waals surface area contributed by atoms with Gasteiger partial charge in [0.05, 0.1) is 11.9 Å². The molecule has 0 spiro atoms. The topological polar surface area (TPSA) is 48.1 Å². The Morgan fingerprint density at radius 1 is 1.05 bits per heavy atom. The number of rotatable bonds is 4. The molecule has 2 aromatic rings. The molecule has 0 saturated carbocycles. The summed E-state index contributed by atoms with van der Waals surface area (Å²) in [5.74, 6) is 2.05. The summed E-state index contributed by atoms with van der Waals surface area (Å²) in [4.78, 5) is 4.28. The second kappa shape index (κ2) is 5.85. The second-order valence-electron chi connectivity index (χ2n) is 5.04. The van der Waals surface area contributed by atoms with Crippen LogP contribution in [0.4, 0.5) is 0 Å². The lowest BCUT2D eigenvalue weighted by molar-refractivity contribution is 0.478. The van der Waals surface area contributed by atoms with Crippen molar-refractivity contribution in [3.8, 4) is 11.5 Å². The van der Waals surface area contributed by atoms with Gasteiger partial charge in [0.2, 0.25) is 0 Å². The average Bonchev–Trinajstić information content (AvgIpc) is 2.39. The molecule has 3 heteroatoms. The number of hydrogen-bond acceptors (Lipinski definition) is 3. The van der Waals surface area contributed by atoms with E-state index in [1.165, 1.54) is 5.56 Å². The first-order chi connectivity index (χ1) is 9.06. The van der Waals surface area contributed by atoms with Gasteiger partial charge in [0.1, 0.15) is 11.5 Å². The third-order valence-electron chi connectivity index (χ3n) is 2.99. The molecule has 3 nitrogen and oxygen atoms in total. The molecule has 0 saturated heterocycles. The number of nitrogens with two attached hydrogens (primary N) is 1. The molecule has 0 fully saturated rings. The lowest BCUT2D eigenvalue weighted by atomic mass is 10.0. The van der Waals surface area contributed by atoms with Crippen LogP contribution in [0.15, 0.2) is 42.6 Å². The van der Waals surface area contributed by atoms with E-state index in [1.54, 1.807) is 6.20 Å². The first kappa shape index (κ1) is 13.6. The molecule has 2 rings (SSSR count). The Morgan fingerprint density at radius 3 is 2.42 bits per heavy atom. The minimum Gasteiger partial charge on any atom is -0.456 e. The molecule has 0 bridgehead atoms. The highest BCUT2D eigenvalue weighted by molar-refractivity contribution is 5.34. The molecule has 100 valence electrons. The van der Waals surface area contributed by atoms with Crippen molar-refractivity contribution in [2.75, 3.05) is 0 Å². The van der Waals surface area contributed by atoms with Gasteiger partial charge in [-0.1, -0.05) is 26.0 Å². The predicted octanol–water partition coefficient (Wildman–Crippen LogP) is 4.02. The predicted molar refractivity (Wildman–Crippen MR) is 77.4 cm³/mol. The number of benzene rings is 1. The van der Waals surface area contributed by atoms with E-state index in [4.69, 9.17) is 10.5 Å². The van der Waals surface area contributed by atoms with Crippen LogP contribution in [0.25, 0.3) is 0 Å². The van der Waals surface area contributed by atoms with Gasteiger partial charge in [-0.15, -0.1) is 0 Å². The fourth-order valence-corrected chi connectivity index (χ4v) is 1.79. The summed E-state index contributed by atoms with van der Waals surface area (Å²) in [6.07, 6.45) is 1.71. The summed E-state index contributed by atoms with van der Waals surface area (Å²) in [7, 11) is 0. The van der Waals surface area contributed by atoms with Crippen molar-refractivity contribution in [2.24, 2.45) is 5.73 Å². The van der Waals surface area contributed by atoms with Crippen LogP contribution in [-0.2, 0) is 0 Å². The van der Waals surface area contributed by atoms with E-state index in [1.807, 2.05) is 31.2 Å². The SMILES string of the molecule is CC(C)c1cccc(Oc2ccc([C@@H](C)N)nc2)c1. The molecule has 1 aromatic carbocycles. The molecular weight excluding hydrogens is 236 g/mol. The highest BCUT2D eigenvalue weighted by Crippen LogP contribution is 2.25. The quantitative estimate of drug-likeness (QED) is 0.898. The average molecular weight is 256 g/mol. The number of pyridine rings is 1. The number of hydrogen-bond donors (Lipinski definition) is 1. The van der Waals surface area contributed by atoms with E-state index in [9.17, 15) is 0 Å². The van der Waals surface area contributed by atoms with Crippen LogP contribution in [0.2, 0.25) is 0 Å². The second-order valence-corrected chi connectivity index (χ2v) is 5.04. The summed E-state index contributed by atoms with van der Waals surface area (Å²) in [6.45, 7) is 6.24. The first-order valence-electron chi connectivity index (χ1n) is 6.55. The Balaban J connectivity index is 2.14. The highest BCUT2D eigenvalue weighted by atomic mass is 16.5. The van der Waals surface area contributed by atoms with Gasteiger partial charge in [0, 0.05) is 6.04 Å². The van der Waals surface area contributed by atoms with E-state index < -0.39 is 0 Å². The smallest absolute Gasteiger partial charge is 0.145 e. The summed E-state index contributed by atoms with van der Waals surface area (Å²) < 4.78 is 5.80. The van der Waals surface area contributed by atoms with Gasteiger partial charge in [-0.25, -0.2) is 0 Å². The van der Waals surface area contributed by atoms with Crippen LogP contribution in [0.3, 0.4) is 0 Å². The molecule has 0 aliphatic rings. The zero-order valence-electron chi connectivity index (χ0n) is 11.6. The molecule has 2 N–H and O–H groups in total. The number of ether oxygens (including phenoxy) is 1. The largest absolute Gasteiger partial charge is 0.456 e. The van der Waals surface area contributed by atoms with Crippen LogP contribution in [0, 0.1) is 0 Å². The first-order valence-corrected chi connectivity index (χ1v) is 6.55. The van der Waals surface area contributed by atoms with Crippen molar-refractivity contribution in [1.82, 2.24) is 4.98 Å². The molecule has 19 heavy (non-hydrogen) atoms. The van der Waals surface area contributed by atoms with Crippen LogP contribution in [-0.4, -0.2) is 4.98 Å². The summed E-state index contributed by atoms with van der Waals surface area (Å²) in [5, 5.41) is 0. The van der Waals surface area contributed by atoms with E-state index in [0.717, 1.165) is 17.2 Å². The van der Waals surface area contributed by atoms with Crippen molar-refractivity contribution < 1.29 is 4.74 Å². The summed E-state index contributed by atoms with van der Waals surface area (Å²) >= 11 is 0. The maximum Gasteiger partial charge on any atom is 0.145 e. The number of nitrogens with zero attached hydrogens (tertiary/aromatic N) is 1. The minimum atomic E-state index is -0.0571. The maximum absolute atomic E-state index is 5.80. The van der Waals surface area contributed by atoms with Gasteiger partial charge in [-0.3, -0.25) is 4.98 Å². The standard InChI is InChI=1S/C16H20N2O/c1-11(2)13-5-4-6-14(9-13)19-15-7-8-16(12(3)17)18-10-15/h4-12H,17H2,1-3H3/t12-/m1/s1. The van der Waals surface area contributed by atoms with Crippen molar-refractivity contribution >= 4 is 0 Å². The molecule has 0 aliphatic carbocycles. The fraction of sp³-hybridized carbons (Fsp3) is 0.312. The Morgan fingerprint density at radius 2 is 1.84 bits per heavy atom. The third-order valence-corrected chi connectivity index (χ3v) is 2.99. The van der Waals surface area contributed by atoms with Gasteiger partial charge < -0.3 is 10.5 Å². The van der Waals surface area contributed by atoms with Crippen molar-refractivity contribution in [2.45, 2.75) is 32.7 Å². The van der Waals surface area contributed by atoms with E-state index in [0.29, 0.717) is 5.92 Å². The van der Waals surface area contributed by atoms with Gasteiger partial charge in [0.25, 0.3) is 0 Å². The van der Waals surface area contributed by atoms with Gasteiger partial charge >= 0.3 is 0 Å². The fourth-order valence-electron chi connectivity index (χ4n) is 1.79. The van der Waals surface area contributed by atoms with Crippen LogP contribution in [0.1, 0.15) is 44.0 Å². The number of aromatic nitrogens is 1. The summed E-state index contributed by atoms with van der Waals surface area (Å²) in [6, 6.07) is 11.9. The Kier molecular flexibility index (Phi) is 4.17. The molecule has 0 aliphatic heterocycles. The van der Waals surface area contributed by atoms with Crippen LogP contribution >= 0.6 is 0 Å². The van der Waals surface area contributed by atoms with E-state index in [-0.39, 0.29) is 6.04 Å². The zero-order chi connectivity index (χ0) is 13.8. The van der Waals surface area contributed by atoms with Gasteiger partial charge in [-0.05, 0) is 42.7 Å². The molecule has 0 unspecified atom stereocenters. The minimum absolute atomic E-state index is 0.0571. The normalized spacial score (nSPS) is 12.5. The van der Waals surface area contributed by atoms with Gasteiger partial charge in [-0.2, -0.15) is 0 Å². The van der Waals surface area contributed by atoms with Crippen molar-refractivity contribution in [3.63, 3.8) is 0 Å². The Labute approximate surface area is 114 Å². The molecule has 1 heterocycles. The highest BCUT2D eigenvalue weighted by Gasteiger charge is 2.04.